The third-order valence-electron chi connectivity index (χ3n) is 4.18. The molecule has 3 atom stereocenters. The molecule has 1 aliphatic carbocycles. The number of hydrogen-bond donors (Lipinski definition) is 1. The smallest absolute Gasteiger partial charge is 0.308 e. The lowest BCUT2D eigenvalue weighted by molar-refractivity contribution is -0.138. The summed E-state index contributed by atoms with van der Waals surface area (Å²) in [6.45, 7) is 1.86. The van der Waals surface area contributed by atoms with E-state index in [1.165, 1.54) is 12.1 Å². The summed E-state index contributed by atoms with van der Waals surface area (Å²) >= 11 is 5.94. The highest BCUT2D eigenvalue weighted by molar-refractivity contribution is 7.92. The first kappa shape index (κ1) is 16.0. The van der Waals surface area contributed by atoms with Crippen LogP contribution in [0.15, 0.2) is 53.4 Å². The molecule has 0 spiro atoms. The van der Waals surface area contributed by atoms with Crippen molar-refractivity contribution in [3.8, 4) is 0 Å². The van der Waals surface area contributed by atoms with Crippen LogP contribution in [-0.4, -0.2) is 24.7 Å². The summed E-state index contributed by atoms with van der Waals surface area (Å²) in [4.78, 5) is 11.6. The number of benzene rings is 2. The minimum absolute atomic E-state index is 0.156. The van der Waals surface area contributed by atoms with E-state index in [4.69, 9.17) is 11.6 Å². The van der Waals surface area contributed by atoms with Crippen molar-refractivity contribution in [1.29, 1.82) is 0 Å². The van der Waals surface area contributed by atoms with Gasteiger partial charge < -0.3 is 5.11 Å². The molecule has 0 amide bonds. The average Bonchev–Trinajstić information content (AvgIpc) is 3.24. The van der Waals surface area contributed by atoms with Crippen molar-refractivity contribution in [2.24, 2.45) is 5.92 Å². The topological polar surface area (TPSA) is 71.4 Å². The summed E-state index contributed by atoms with van der Waals surface area (Å²) in [6, 6.07) is 13.2. The van der Waals surface area contributed by atoms with E-state index in [2.05, 4.69) is 0 Å². The number of carbonyl (C=O) groups is 1. The lowest BCUT2D eigenvalue weighted by Gasteiger charge is -2.05. The highest BCUT2D eigenvalue weighted by Gasteiger charge is 2.63. The number of aliphatic carboxylic acids is 1. The normalized spacial score (nSPS) is 23.5. The summed E-state index contributed by atoms with van der Waals surface area (Å²) < 4.78 is 25.6. The standard InChI is InChI=1S/C17H15ClO4S/c1-10-5-7-13(8-6-10)23(21,22)16-14(15(16)17(19)20)11-3-2-4-12(18)9-11/h2-9,14-16H,1H3,(H,19,20). The van der Waals surface area contributed by atoms with Gasteiger partial charge in [-0.25, -0.2) is 8.42 Å². The van der Waals surface area contributed by atoms with E-state index in [1.807, 2.05) is 6.92 Å². The van der Waals surface area contributed by atoms with Gasteiger partial charge >= 0.3 is 5.97 Å². The van der Waals surface area contributed by atoms with Crippen molar-refractivity contribution >= 4 is 27.4 Å². The molecule has 1 fully saturated rings. The van der Waals surface area contributed by atoms with Gasteiger partial charge in [0.2, 0.25) is 0 Å². The Bertz CT molecular complexity index is 858. The number of hydrogen-bond acceptors (Lipinski definition) is 3. The molecule has 6 heteroatoms. The van der Waals surface area contributed by atoms with Gasteiger partial charge in [-0.15, -0.1) is 0 Å². The van der Waals surface area contributed by atoms with Gasteiger partial charge in [0.1, 0.15) is 0 Å². The largest absolute Gasteiger partial charge is 0.481 e. The quantitative estimate of drug-likeness (QED) is 0.918. The van der Waals surface area contributed by atoms with Gasteiger partial charge in [-0.3, -0.25) is 4.79 Å². The maximum Gasteiger partial charge on any atom is 0.308 e. The Morgan fingerprint density at radius 1 is 1.13 bits per heavy atom. The first-order chi connectivity index (χ1) is 10.8. The SMILES string of the molecule is Cc1ccc(S(=O)(=O)C2C(C(=O)O)C2c2cccc(Cl)c2)cc1. The fourth-order valence-electron chi connectivity index (χ4n) is 2.96. The van der Waals surface area contributed by atoms with Crippen molar-refractivity contribution in [3.63, 3.8) is 0 Å². The van der Waals surface area contributed by atoms with Crippen LogP contribution in [0, 0.1) is 12.8 Å². The fraction of sp³-hybridized carbons (Fsp3) is 0.235. The predicted molar refractivity (Wildman–Crippen MR) is 87.5 cm³/mol. The van der Waals surface area contributed by atoms with Crippen LogP contribution in [0.4, 0.5) is 0 Å². The molecular weight excluding hydrogens is 336 g/mol. The molecule has 3 rings (SSSR count). The van der Waals surface area contributed by atoms with Crippen LogP contribution in [0.3, 0.4) is 0 Å². The molecule has 0 radical (unpaired) electrons. The van der Waals surface area contributed by atoms with Crippen molar-refractivity contribution in [2.75, 3.05) is 0 Å². The van der Waals surface area contributed by atoms with E-state index < -0.39 is 32.9 Å². The van der Waals surface area contributed by atoms with Crippen LogP contribution in [0.25, 0.3) is 0 Å². The Balaban J connectivity index is 2.00. The molecule has 2 aromatic rings. The number of carboxylic acid groups (broad SMARTS) is 1. The average molecular weight is 351 g/mol. The Morgan fingerprint density at radius 2 is 1.78 bits per heavy atom. The molecule has 120 valence electrons. The Hall–Kier alpha value is -1.85. The molecule has 0 bridgehead atoms. The van der Waals surface area contributed by atoms with Gasteiger partial charge in [0.25, 0.3) is 0 Å². The second kappa shape index (κ2) is 5.65. The minimum Gasteiger partial charge on any atom is -0.481 e. The molecule has 3 unspecified atom stereocenters. The zero-order valence-electron chi connectivity index (χ0n) is 12.3. The number of aryl methyl sites for hydroxylation is 1. The van der Waals surface area contributed by atoms with E-state index in [0.717, 1.165) is 5.56 Å². The number of carboxylic acids is 1. The van der Waals surface area contributed by atoms with E-state index in [9.17, 15) is 18.3 Å². The Labute approximate surface area is 139 Å². The van der Waals surface area contributed by atoms with Crippen LogP contribution in [0.5, 0.6) is 0 Å². The zero-order chi connectivity index (χ0) is 16.8. The predicted octanol–water partition coefficient (Wildman–Crippen LogP) is 3.29. The molecular formula is C17H15ClO4S. The summed E-state index contributed by atoms with van der Waals surface area (Å²) in [5.41, 5.74) is 1.59. The monoisotopic (exact) mass is 350 g/mol. The molecule has 1 saturated carbocycles. The highest BCUT2D eigenvalue weighted by Crippen LogP contribution is 2.54. The summed E-state index contributed by atoms with van der Waals surface area (Å²) in [5, 5.41) is 8.89. The van der Waals surface area contributed by atoms with Crippen LogP contribution in [0.1, 0.15) is 17.0 Å². The fourth-order valence-corrected chi connectivity index (χ4v) is 5.28. The number of sulfone groups is 1. The van der Waals surface area contributed by atoms with Crippen molar-refractivity contribution in [1.82, 2.24) is 0 Å². The second-order valence-corrected chi connectivity index (χ2v) is 8.31. The van der Waals surface area contributed by atoms with E-state index in [1.54, 1.807) is 36.4 Å². The molecule has 1 N–H and O–H groups in total. The van der Waals surface area contributed by atoms with Gasteiger partial charge in [-0.05, 0) is 36.8 Å². The lowest BCUT2D eigenvalue weighted by Crippen LogP contribution is -2.13. The van der Waals surface area contributed by atoms with Crippen molar-refractivity contribution < 1.29 is 18.3 Å². The summed E-state index contributed by atoms with van der Waals surface area (Å²) in [6.07, 6.45) is 0. The first-order valence-electron chi connectivity index (χ1n) is 7.11. The number of rotatable bonds is 4. The maximum atomic E-state index is 12.8. The van der Waals surface area contributed by atoms with E-state index >= 15 is 0 Å². The third kappa shape index (κ3) is 2.86. The number of halogens is 1. The van der Waals surface area contributed by atoms with Crippen molar-refractivity contribution in [3.05, 3.63) is 64.7 Å². The van der Waals surface area contributed by atoms with Crippen LogP contribution in [-0.2, 0) is 14.6 Å². The van der Waals surface area contributed by atoms with Crippen LogP contribution < -0.4 is 0 Å². The van der Waals surface area contributed by atoms with E-state index in [-0.39, 0.29) is 4.90 Å². The van der Waals surface area contributed by atoms with Crippen molar-refractivity contribution in [2.45, 2.75) is 23.0 Å². The highest BCUT2D eigenvalue weighted by atomic mass is 35.5. The van der Waals surface area contributed by atoms with Gasteiger partial charge in [0.05, 0.1) is 16.1 Å². The molecule has 1 aliphatic rings. The zero-order valence-corrected chi connectivity index (χ0v) is 13.9. The van der Waals surface area contributed by atoms with Gasteiger partial charge in [-0.1, -0.05) is 41.4 Å². The van der Waals surface area contributed by atoms with Gasteiger partial charge in [-0.2, -0.15) is 0 Å². The maximum absolute atomic E-state index is 12.8. The van der Waals surface area contributed by atoms with Crippen LogP contribution in [0.2, 0.25) is 5.02 Å². The minimum atomic E-state index is -3.71. The third-order valence-corrected chi connectivity index (χ3v) is 6.65. The van der Waals surface area contributed by atoms with Gasteiger partial charge in [0.15, 0.2) is 9.84 Å². The Kier molecular flexibility index (Phi) is 3.94. The van der Waals surface area contributed by atoms with E-state index in [0.29, 0.717) is 10.6 Å². The first-order valence-corrected chi connectivity index (χ1v) is 9.03. The van der Waals surface area contributed by atoms with Crippen LogP contribution >= 0.6 is 11.6 Å². The molecule has 4 nitrogen and oxygen atoms in total. The molecule has 23 heavy (non-hydrogen) atoms. The second-order valence-electron chi connectivity index (χ2n) is 5.77. The summed E-state index contributed by atoms with van der Waals surface area (Å²) in [7, 11) is -3.71. The van der Waals surface area contributed by atoms with Gasteiger partial charge in [0, 0.05) is 10.9 Å². The molecule has 0 aliphatic heterocycles. The summed E-state index contributed by atoms with van der Waals surface area (Å²) in [5.74, 6) is -2.62. The molecule has 2 aromatic carbocycles. The lowest BCUT2D eigenvalue weighted by atomic mass is 10.1. The Morgan fingerprint density at radius 3 is 2.35 bits per heavy atom. The molecule has 0 saturated heterocycles. The molecule has 0 aromatic heterocycles. The molecule has 0 heterocycles.